The molecule has 0 atom stereocenters. The van der Waals surface area contributed by atoms with Crippen LogP contribution in [0.3, 0.4) is 0 Å². The van der Waals surface area contributed by atoms with Gasteiger partial charge in [-0.25, -0.2) is 9.37 Å². The largest absolute Gasteiger partial charge is 0.494 e. The lowest BCUT2D eigenvalue weighted by molar-refractivity contribution is 0.273. The summed E-state index contributed by atoms with van der Waals surface area (Å²) in [7, 11) is 1.42. The number of hydrogen-bond donors (Lipinski definition) is 1. The molecule has 0 spiro atoms. The molecule has 1 aromatic carbocycles. The first-order valence-electron chi connectivity index (χ1n) is 7.89. The molecule has 2 aromatic rings. The summed E-state index contributed by atoms with van der Waals surface area (Å²) in [5, 5.41) is 9.25. The molecular formula is C18H23FN2O3. The van der Waals surface area contributed by atoms with Crippen molar-refractivity contribution in [2.75, 3.05) is 13.7 Å². The van der Waals surface area contributed by atoms with Crippen molar-refractivity contribution in [3.8, 4) is 11.6 Å². The maximum atomic E-state index is 13.8. The Morgan fingerprint density at radius 2 is 2.00 bits per heavy atom. The van der Waals surface area contributed by atoms with E-state index in [2.05, 4.69) is 9.97 Å². The summed E-state index contributed by atoms with van der Waals surface area (Å²) in [5.74, 6) is 1.05. The van der Waals surface area contributed by atoms with Gasteiger partial charge in [-0.3, -0.25) is 0 Å². The van der Waals surface area contributed by atoms with Crippen molar-refractivity contribution in [2.24, 2.45) is 0 Å². The van der Waals surface area contributed by atoms with Gasteiger partial charge in [-0.05, 0) is 24.6 Å². The smallest absolute Gasteiger partial charge is 0.220 e. The number of aliphatic hydroxyl groups excluding tert-OH is 1. The van der Waals surface area contributed by atoms with Crippen molar-refractivity contribution < 1.29 is 19.0 Å². The number of benzene rings is 1. The Labute approximate surface area is 141 Å². The zero-order chi connectivity index (χ0) is 17.7. The predicted molar refractivity (Wildman–Crippen MR) is 88.9 cm³/mol. The molecule has 6 heteroatoms. The molecule has 24 heavy (non-hydrogen) atoms. The van der Waals surface area contributed by atoms with Crippen LogP contribution in [0, 0.1) is 12.7 Å². The number of ether oxygens (including phenoxy) is 2. The van der Waals surface area contributed by atoms with Crippen molar-refractivity contribution in [3.05, 3.63) is 46.7 Å². The second-order valence-electron chi connectivity index (χ2n) is 5.84. The Kier molecular flexibility index (Phi) is 6.09. The van der Waals surface area contributed by atoms with E-state index in [0.717, 1.165) is 11.3 Å². The normalized spacial score (nSPS) is 11.0. The monoisotopic (exact) mass is 334 g/mol. The highest BCUT2D eigenvalue weighted by molar-refractivity contribution is 5.33. The molecule has 0 aliphatic heterocycles. The molecular weight excluding hydrogens is 311 g/mol. The SMILES string of the molecule is COc1ccc(COc2nc(C(C)C)nc(C)c2CCO)cc1F. The lowest BCUT2D eigenvalue weighted by Crippen LogP contribution is -2.10. The molecule has 1 heterocycles. The average Bonchev–Trinajstić information content (AvgIpc) is 2.55. The molecule has 5 nitrogen and oxygen atoms in total. The minimum atomic E-state index is -0.434. The predicted octanol–water partition coefficient (Wildman–Crippen LogP) is 3.17. The van der Waals surface area contributed by atoms with Gasteiger partial charge in [0, 0.05) is 30.2 Å². The van der Waals surface area contributed by atoms with Crippen LogP contribution in [0.5, 0.6) is 11.6 Å². The first kappa shape index (κ1) is 18.1. The highest BCUT2D eigenvalue weighted by Crippen LogP contribution is 2.24. The average molecular weight is 334 g/mol. The van der Waals surface area contributed by atoms with Gasteiger partial charge >= 0.3 is 0 Å². The Hall–Kier alpha value is -2.21. The number of methoxy groups -OCH3 is 1. The molecule has 0 amide bonds. The Morgan fingerprint density at radius 1 is 1.25 bits per heavy atom. The van der Waals surface area contributed by atoms with E-state index >= 15 is 0 Å². The van der Waals surface area contributed by atoms with E-state index in [1.807, 2.05) is 20.8 Å². The summed E-state index contributed by atoms with van der Waals surface area (Å²) in [4.78, 5) is 8.92. The van der Waals surface area contributed by atoms with Gasteiger partial charge in [-0.15, -0.1) is 0 Å². The van der Waals surface area contributed by atoms with E-state index in [1.54, 1.807) is 12.1 Å². The van der Waals surface area contributed by atoms with Crippen molar-refractivity contribution in [3.63, 3.8) is 0 Å². The van der Waals surface area contributed by atoms with Gasteiger partial charge in [0.05, 0.1) is 7.11 Å². The topological polar surface area (TPSA) is 64.5 Å². The number of aliphatic hydroxyl groups is 1. The summed E-state index contributed by atoms with van der Waals surface area (Å²) in [6.07, 6.45) is 0.413. The number of nitrogens with zero attached hydrogens (tertiary/aromatic N) is 2. The van der Waals surface area contributed by atoms with Crippen LogP contribution in [0.1, 0.15) is 42.4 Å². The van der Waals surface area contributed by atoms with E-state index in [4.69, 9.17) is 9.47 Å². The molecule has 0 fully saturated rings. The number of aryl methyl sites for hydroxylation is 1. The van der Waals surface area contributed by atoms with Gasteiger partial charge in [0.25, 0.3) is 0 Å². The zero-order valence-electron chi connectivity index (χ0n) is 14.5. The summed E-state index contributed by atoms with van der Waals surface area (Å²) >= 11 is 0. The molecule has 0 aliphatic rings. The minimum absolute atomic E-state index is 0.0151. The molecule has 0 bridgehead atoms. The molecule has 1 aromatic heterocycles. The van der Waals surface area contributed by atoms with Gasteiger partial charge < -0.3 is 14.6 Å². The van der Waals surface area contributed by atoms with Gasteiger partial charge in [0.2, 0.25) is 5.88 Å². The Morgan fingerprint density at radius 3 is 2.58 bits per heavy atom. The lowest BCUT2D eigenvalue weighted by Gasteiger charge is -2.15. The fourth-order valence-electron chi connectivity index (χ4n) is 2.32. The van der Waals surface area contributed by atoms with Crippen molar-refractivity contribution in [1.82, 2.24) is 9.97 Å². The number of rotatable bonds is 7. The Bertz CT molecular complexity index is 705. The highest BCUT2D eigenvalue weighted by Gasteiger charge is 2.15. The van der Waals surface area contributed by atoms with Crippen LogP contribution in [-0.4, -0.2) is 28.8 Å². The van der Waals surface area contributed by atoms with Crippen molar-refractivity contribution >= 4 is 0 Å². The van der Waals surface area contributed by atoms with Crippen molar-refractivity contribution in [2.45, 2.75) is 39.7 Å². The standard InChI is InChI=1S/C18H23FN2O3/c1-11(2)17-20-12(3)14(7-8-22)18(21-17)24-10-13-5-6-16(23-4)15(19)9-13/h5-6,9,11,22H,7-8,10H2,1-4H3. The van der Waals surface area contributed by atoms with Gasteiger partial charge in [-0.2, -0.15) is 4.98 Å². The molecule has 130 valence electrons. The summed E-state index contributed by atoms with van der Waals surface area (Å²) in [5.41, 5.74) is 2.24. The van der Waals surface area contributed by atoms with E-state index in [0.29, 0.717) is 23.7 Å². The second-order valence-corrected chi connectivity index (χ2v) is 5.84. The highest BCUT2D eigenvalue weighted by atomic mass is 19.1. The molecule has 0 saturated carbocycles. The second kappa shape index (κ2) is 8.06. The molecule has 0 aliphatic carbocycles. The first-order chi connectivity index (χ1) is 11.5. The first-order valence-corrected chi connectivity index (χ1v) is 7.89. The molecule has 1 N–H and O–H groups in total. The zero-order valence-corrected chi connectivity index (χ0v) is 14.5. The van der Waals surface area contributed by atoms with Gasteiger partial charge in [0.1, 0.15) is 12.4 Å². The Balaban J connectivity index is 2.25. The van der Waals surface area contributed by atoms with Crippen LogP contribution in [-0.2, 0) is 13.0 Å². The number of halogens is 1. The fourth-order valence-corrected chi connectivity index (χ4v) is 2.32. The van der Waals surface area contributed by atoms with Crippen LogP contribution in [0.15, 0.2) is 18.2 Å². The summed E-state index contributed by atoms with van der Waals surface area (Å²) in [6.45, 7) is 6.04. The third-order valence-electron chi connectivity index (χ3n) is 3.66. The number of aromatic nitrogens is 2. The van der Waals surface area contributed by atoms with E-state index in [9.17, 15) is 9.50 Å². The van der Waals surface area contributed by atoms with Crippen LogP contribution in [0.2, 0.25) is 0 Å². The van der Waals surface area contributed by atoms with Crippen LogP contribution in [0.25, 0.3) is 0 Å². The van der Waals surface area contributed by atoms with E-state index in [1.165, 1.54) is 13.2 Å². The third-order valence-corrected chi connectivity index (χ3v) is 3.66. The van der Waals surface area contributed by atoms with Crippen LogP contribution < -0.4 is 9.47 Å². The molecule has 2 rings (SSSR count). The van der Waals surface area contributed by atoms with Crippen molar-refractivity contribution in [1.29, 1.82) is 0 Å². The van der Waals surface area contributed by atoms with Crippen LogP contribution >= 0.6 is 0 Å². The van der Waals surface area contributed by atoms with E-state index in [-0.39, 0.29) is 24.9 Å². The third kappa shape index (κ3) is 4.20. The van der Waals surface area contributed by atoms with Gasteiger partial charge in [0.15, 0.2) is 11.6 Å². The van der Waals surface area contributed by atoms with Gasteiger partial charge in [-0.1, -0.05) is 19.9 Å². The number of hydrogen-bond acceptors (Lipinski definition) is 5. The summed E-state index contributed by atoms with van der Waals surface area (Å²) < 4.78 is 24.5. The minimum Gasteiger partial charge on any atom is -0.494 e. The summed E-state index contributed by atoms with van der Waals surface area (Å²) in [6, 6.07) is 4.68. The lowest BCUT2D eigenvalue weighted by atomic mass is 10.1. The van der Waals surface area contributed by atoms with E-state index < -0.39 is 5.82 Å². The quantitative estimate of drug-likeness (QED) is 0.842. The molecule has 0 saturated heterocycles. The fraction of sp³-hybridized carbons (Fsp3) is 0.444. The van der Waals surface area contributed by atoms with Crippen LogP contribution in [0.4, 0.5) is 4.39 Å². The molecule has 0 radical (unpaired) electrons. The molecule has 0 unspecified atom stereocenters. The maximum absolute atomic E-state index is 13.8. The maximum Gasteiger partial charge on any atom is 0.220 e.